The monoisotopic (exact) mass is 303 g/mol. The maximum Gasteiger partial charge on any atom is 0.123 e. The Morgan fingerprint density at radius 2 is 2.00 bits per heavy atom. The van der Waals surface area contributed by atoms with Crippen LogP contribution in [0, 0.1) is 0 Å². The second-order valence-electron chi connectivity index (χ2n) is 4.46. The van der Waals surface area contributed by atoms with Gasteiger partial charge >= 0.3 is 0 Å². The average molecular weight is 305 g/mol. The van der Waals surface area contributed by atoms with Crippen molar-refractivity contribution in [3.63, 3.8) is 0 Å². The van der Waals surface area contributed by atoms with E-state index in [2.05, 4.69) is 39.4 Å². The highest BCUT2D eigenvalue weighted by atomic mass is 79.9. The molecule has 1 saturated heterocycles. The molecule has 2 heterocycles. The zero-order valence-corrected chi connectivity index (χ0v) is 11.4. The molecule has 0 aromatic heterocycles. The molecule has 1 N–H and O–H groups in total. The van der Waals surface area contributed by atoms with Crippen molar-refractivity contribution in [1.29, 1.82) is 0 Å². The van der Waals surface area contributed by atoms with Crippen LogP contribution in [0.1, 0.15) is 18.4 Å². The fourth-order valence-corrected chi connectivity index (χ4v) is 2.97. The van der Waals surface area contributed by atoms with Gasteiger partial charge in [0.2, 0.25) is 0 Å². The van der Waals surface area contributed by atoms with Crippen LogP contribution in [0.25, 0.3) is 0 Å². The molecule has 3 rings (SSSR count). The van der Waals surface area contributed by atoms with Crippen molar-refractivity contribution in [3.8, 4) is 5.75 Å². The van der Waals surface area contributed by atoms with Gasteiger partial charge in [-0.2, -0.15) is 0 Å². The first kappa shape index (κ1) is 12.2. The standard InChI is InChI=1S/C12H14BrNO.ClH/c13-10-1-2-11-9(7-10)8-12(15-11)3-5-14-6-4-12;/h1-2,7,14H,3-6,8H2;1H. The molecule has 0 unspecified atom stereocenters. The fourth-order valence-electron chi connectivity index (χ4n) is 2.56. The third-order valence-corrected chi connectivity index (χ3v) is 3.87. The van der Waals surface area contributed by atoms with Gasteiger partial charge in [0.1, 0.15) is 11.4 Å². The zero-order valence-electron chi connectivity index (χ0n) is 8.96. The fraction of sp³-hybridized carbons (Fsp3) is 0.500. The number of rotatable bonds is 0. The number of halogens is 2. The third-order valence-electron chi connectivity index (χ3n) is 3.38. The van der Waals surface area contributed by atoms with Crippen molar-refractivity contribution >= 4 is 28.3 Å². The second-order valence-corrected chi connectivity index (χ2v) is 5.38. The number of hydrogen-bond acceptors (Lipinski definition) is 2. The summed E-state index contributed by atoms with van der Waals surface area (Å²) in [6, 6.07) is 6.32. The van der Waals surface area contributed by atoms with Gasteiger partial charge in [-0.15, -0.1) is 12.4 Å². The van der Waals surface area contributed by atoms with E-state index in [1.165, 1.54) is 5.56 Å². The number of piperidine rings is 1. The topological polar surface area (TPSA) is 21.3 Å². The Balaban J connectivity index is 0.000000963. The quantitative estimate of drug-likeness (QED) is 0.796. The molecule has 2 aliphatic rings. The van der Waals surface area contributed by atoms with Crippen LogP contribution < -0.4 is 10.1 Å². The number of hydrogen-bond donors (Lipinski definition) is 1. The molecule has 0 radical (unpaired) electrons. The van der Waals surface area contributed by atoms with Crippen molar-refractivity contribution in [2.45, 2.75) is 24.9 Å². The van der Waals surface area contributed by atoms with Crippen LogP contribution in [0.3, 0.4) is 0 Å². The molecule has 0 bridgehead atoms. The summed E-state index contributed by atoms with van der Waals surface area (Å²) in [7, 11) is 0. The maximum atomic E-state index is 6.13. The maximum absolute atomic E-state index is 6.13. The van der Waals surface area contributed by atoms with E-state index in [-0.39, 0.29) is 18.0 Å². The lowest BCUT2D eigenvalue weighted by Gasteiger charge is -2.33. The number of fused-ring (bicyclic) bond motifs is 1. The lowest BCUT2D eigenvalue weighted by Crippen LogP contribution is -2.45. The first-order chi connectivity index (χ1) is 7.27. The normalized spacial score (nSPS) is 21.1. The van der Waals surface area contributed by atoms with Gasteiger partial charge in [0, 0.05) is 10.9 Å². The van der Waals surface area contributed by atoms with E-state index in [0.29, 0.717) is 0 Å². The summed E-state index contributed by atoms with van der Waals surface area (Å²) in [5.41, 5.74) is 1.44. The van der Waals surface area contributed by atoms with Crippen LogP contribution in [0.5, 0.6) is 5.75 Å². The third kappa shape index (κ3) is 2.08. The second kappa shape index (κ2) is 4.55. The first-order valence-corrected chi connectivity index (χ1v) is 6.25. The Kier molecular flexibility index (Phi) is 3.48. The van der Waals surface area contributed by atoms with Crippen LogP contribution in [-0.2, 0) is 6.42 Å². The van der Waals surface area contributed by atoms with Crippen LogP contribution in [0.2, 0.25) is 0 Å². The highest BCUT2D eigenvalue weighted by molar-refractivity contribution is 9.10. The summed E-state index contributed by atoms with van der Waals surface area (Å²) in [5, 5.41) is 3.38. The van der Waals surface area contributed by atoms with Crippen molar-refractivity contribution in [1.82, 2.24) is 5.32 Å². The molecule has 0 amide bonds. The van der Waals surface area contributed by atoms with E-state index in [4.69, 9.17) is 4.74 Å². The Morgan fingerprint density at radius 3 is 2.75 bits per heavy atom. The molecule has 0 atom stereocenters. The van der Waals surface area contributed by atoms with E-state index in [1.54, 1.807) is 0 Å². The Bertz CT molecular complexity index is 391. The highest BCUT2D eigenvalue weighted by Gasteiger charge is 2.40. The minimum absolute atomic E-state index is 0. The average Bonchev–Trinajstić information content (AvgIpc) is 2.56. The molecule has 1 fully saturated rings. The minimum atomic E-state index is 0. The van der Waals surface area contributed by atoms with Gasteiger partial charge in [-0.05, 0) is 49.7 Å². The van der Waals surface area contributed by atoms with Gasteiger partial charge in [-0.25, -0.2) is 0 Å². The summed E-state index contributed by atoms with van der Waals surface area (Å²) in [6.07, 6.45) is 3.32. The van der Waals surface area contributed by atoms with Gasteiger partial charge in [-0.3, -0.25) is 0 Å². The Hall–Kier alpha value is -0.250. The van der Waals surface area contributed by atoms with Gasteiger partial charge in [0.15, 0.2) is 0 Å². The summed E-state index contributed by atoms with van der Waals surface area (Å²) < 4.78 is 7.28. The van der Waals surface area contributed by atoms with Crippen LogP contribution in [-0.4, -0.2) is 18.7 Å². The molecular weight excluding hydrogens is 289 g/mol. The number of benzene rings is 1. The molecule has 4 heteroatoms. The molecule has 2 nitrogen and oxygen atoms in total. The first-order valence-electron chi connectivity index (χ1n) is 5.46. The smallest absolute Gasteiger partial charge is 0.123 e. The lowest BCUT2D eigenvalue weighted by molar-refractivity contribution is 0.0600. The number of ether oxygens (including phenoxy) is 1. The molecular formula is C12H15BrClNO. The highest BCUT2D eigenvalue weighted by Crippen LogP contribution is 2.40. The molecule has 0 saturated carbocycles. The molecule has 2 aliphatic heterocycles. The van der Waals surface area contributed by atoms with Crippen molar-refractivity contribution in [2.24, 2.45) is 0 Å². The Labute approximate surface area is 110 Å². The summed E-state index contributed by atoms with van der Waals surface area (Å²) >= 11 is 3.51. The minimum Gasteiger partial charge on any atom is -0.487 e. The van der Waals surface area contributed by atoms with Crippen LogP contribution in [0.15, 0.2) is 22.7 Å². The van der Waals surface area contributed by atoms with Gasteiger partial charge < -0.3 is 10.1 Å². The Morgan fingerprint density at radius 1 is 1.25 bits per heavy atom. The molecule has 16 heavy (non-hydrogen) atoms. The summed E-state index contributed by atoms with van der Waals surface area (Å²) in [4.78, 5) is 0. The molecule has 1 aromatic carbocycles. The molecule has 1 aromatic rings. The predicted molar refractivity (Wildman–Crippen MR) is 70.6 cm³/mol. The van der Waals surface area contributed by atoms with E-state index in [9.17, 15) is 0 Å². The van der Waals surface area contributed by atoms with Crippen molar-refractivity contribution in [3.05, 3.63) is 28.2 Å². The molecule has 88 valence electrons. The van der Waals surface area contributed by atoms with Gasteiger partial charge in [0.25, 0.3) is 0 Å². The predicted octanol–water partition coefficient (Wildman–Crippen LogP) is 2.93. The molecule has 0 aliphatic carbocycles. The zero-order chi connectivity index (χ0) is 10.3. The van der Waals surface area contributed by atoms with E-state index >= 15 is 0 Å². The largest absolute Gasteiger partial charge is 0.487 e. The molecule has 1 spiro atoms. The lowest BCUT2D eigenvalue weighted by atomic mass is 9.88. The van der Waals surface area contributed by atoms with Gasteiger partial charge in [-0.1, -0.05) is 15.9 Å². The van der Waals surface area contributed by atoms with Crippen LogP contribution in [0.4, 0.5) is 0 Å². The van der Waals surface area contributed by atoms with Crippen molar-refractivity contribution in [2.75, 3.05) is 13.1 Å². The van der Waals surface area contributed by atoms with Crippen molar-refractivity contribution < 1.29 is 4.74 Å². The SMILES string of the molecule is Brc1ccc2c(c1)CC1(CCNCC1)O2.Cl. The summed E-state index contributed by atoms with van der Waals surface area (Å²) in [5.74, 6) is 1.08. The van der Waals surface area contributed by atoms with E-state index < -0.39 is 0 Å². The van der Waals surface area contributed by atoms with E-state index in [1.807, 2.05) is 0 Å². The van der Waals surface area contributed by atoms with Gasteiger partial charge in [0.05, 0.1) is 0 Å². The van der Waals surface area contributed by atoms with Crippen LogP contribution >= 0.6 is 28.3 Å². The van der Waals surface area contributed by atoms with E-state index in [0.717, 1.165) is 42.6 Å². The number of nitrogens with one attached hydrogen (secondary N) is 1. The summed E-state index contributed by atoms with van der Waals surface area (Å²) in [6.45, 7) is 2.16.